The summed E-state index contributed by atoms with van der Waals surface area (Å²) in [5, 5.41) is 17.6. The molecule has 0 aromatic carbocycles. The number of aromatic hydroxyl groups is 1. The normalized spacial score (nSPS) is 21.5. The van der Waals surface area contributed by atoms with Gasteiger partial charge in [-0.05, 0) is 31.8 Å². The summed E-state index contributed by atoms with van der Waals surface area (Å²) in [6, 6.07) is -0.267. The van der Waals surface area contributed by atoms with Gasteiger partial charge in [-0.3, -0.25) is 19.0 Å². The quantitative estimate of drug-likeness (QED) is 0.517. The summed E-state index contributed by atoms with van der Waals surface area (Å²) in [4.78, 5) is 40.5. The van der Waals surface area contributed by atoms with Crippen molar-refractivity contribution in [2.75, 3.05) is 33.5 Å². The largest absolute Gasteiger partial charge is 0.492 e. The fourth-order valence-electron chi connectivity index (χ4n) is 4.27. The smallest absolute Gasteiger partial charge is 0.270 e. The third-order valence-corrected chi connectivity index (χ3v) is 6.56. The lowest BCUT2D eigenvalue weighted by Gasteiger charge is -2.34. The highest BCUT2D eigenvalue weighted by atomic mass is 19.1. The number of nitrogens with one attached hydrogen (secondary N) is 1. The van der Waals surface area contributed by atoms with E-state index in [9.17, 15) is 23.9 Å². The molecule has 2 aliphatic carbocycles. The lowest BCUT2D eigenvalue weighted by molar-refractivity contribution is -0.136. The Bertz CT molecular complexity index is 1240. The maximum absolute atomic E-state index is 14.8. The maximum atomic E-state index is 14.8. The van der Waals surface area contributed by atoms with E-state index < -0.39 is 28.6 Å². The number of carbonyl (C=O) groups excluding carboxylic acids is 2. The zero-order valence-corrected chi connectivity index (χ0v) is 19.4. The molecule has 1 atom stereocenters. The van der Waals surface area contributed by atoms with Crippen LogP contribution < -0.4 is 10.9 Å². The molecule has 0 bridgehead atoms. The molecule has 0 unspecified atom stereocenters. The molecule has 2 saturated carbocycles. The zero-order chi connectivity index (χ0) is 24.7. The number of amides is 2. The zero-order valence-electron chi connectivity index (χ0n) is 19.4. The number of methoxy groups -OCH3 is 1. The Morgan fingerprint density at radius 1 is 1.40 bits per heavy atom. The van der Waals surface area contributed by atoms with Gasteiger partial charge in [0.05, 0.1) is 38.6 Å². The first kappa shape index (κ1) is 23.5. The molecule has 5 rings (SSSR count). The van der Waals surface area contributed by atoms with E-state index in [1.165, 1.54) is 18.3 Å². The predicted octanol–water partition coefficient (Wildman–Crippen LogP) is 0.483. The third kappa shape index (κ3) is 4.67. The fraction of sp³-hybridized carbons (Fsp3) is 0.565. The van der Waals surface area contributed by atoms with E-state index in [-0.39, 0.29) is 30.2 Å². The number of halogens is 1. The van der Waals surface area contributed by atoms with E-state index in [1.54, 1.807) is 12.0 Å². The molecule has 0 radical (unpaired) electrons. The van der Waals surface area contributed by atoms with E-state index in [4.69, 9.17) is 9.47 Å². The molecule has 1 saturated heterocycles. The molecule has 0 spiro atoms. The van der Waals surface area contributed by atoms with Crippen LogP contribution in [0.5, 0.6) is 5.88 Å². The number of aromatic nitrogens is 3. The Labute approximate surface area is 200 Å². The summed E-state index contributed by atoms with van der Waals surface area (Å²) in [6.45, 7) is 1.23. The van der Waals surface area contributed by atoms with Crippen molar-refractivity contribution in [3.8, 4) is 5.88 Å². The number of hydrogen-bond acceptors (Lipinski definition) is 7. The Hall–Kier alpha value is -3.25. The van der Waals surface area contributed by atoms with E-state index in [1.807, 2.05) is 0 Å². The highest BCUT2D eigenvalue weighted by Crippen LogP contribution is 2.41. The lowest BCUT2D eigenvalue weighted by Crippen LogP contribution is -2.50. The van der Waals surface area contributed by atoms with Crippen LogP contribution in [0.4, 0.5) is 4.39 Å². The standard InChI is InChI=1S/C23H28FN5O6/c1-34-11-16-12-35-9-8-27(16)17(30)5-2-14-10-25-29-20(14)28(13-23(24)6-7-23)21(32)18(22(29)33)19(31)26-15-3-4-15/h2,5,10,15-16,33H,3-4,6-9,11-13H2,1H3,(H,26,31)/b5-2+/t16-/m1/s1. The number of rotatable bonds is 8. The molecule has 3 heterocycles. The van der Waals surface area contributed by atoms with Crippen molar-refractivity contribution in [2.45, 2.75) is 50.0 Å². The molecule has 2 N–H and O–H groups in total. The molecule has 3 fully saturated rings. The average Bonchev–Trinajstić information content (AvgIpc) is 3.75. The van der Waals surface area contributed by atoms with Gasteiger partial charge in [-0.25, -0.2) is 4.39 Å². The molecule has 2 aromatic rings. The van der Waals surface area contributed by atoms with Crippen LogP contribution in [0.15, 0.2) is 17.1 Å². The van der Waals surface area contributed by atoms with E-state index >= 15 is 0 Å². The molecule has 2 aromatic heterocycles. The van der Waals surface area contributed by atoms with Crippen molar-refractivity contribution in [3.63, 3.8) is 0 Å². The van der Waals surface area contributed by atoms with E-state index in [0.29, 0.717) is 44.8 Å². The Balaban J connectivity index is 1.52. The van der Waals surface area contributed by atoms with Gasteiger partial charge in [0.25, 0.3) is 11.5 Å². The fourth-order valence-corrected chi connectivity index (χ4v) is 4.27. The van der Waals surface area contributed by atoms with Crippen LogP contribution in [-0.4, -0.2) is 87.2 Å². The van der Waals surface area contributed by atoms with E-state index in [0.717, 1.165) is 21.9 Å². The number of morpholine rings is 1. The first-order valence-electron chi connectivity index (χ1n) is 11.7. The van der Waals surface area contributed by atoms with Crippen molar-refractivity contribution in [3.05, 3.63) is 33.8 Å². The minimum Gasteiger partial charge on any atom is -0.492 e. The minimum absolute atomic E-state index is 0.0364. The molecular weight excluding hydrogens is 461 g/mol. The van der Waals surface area contributed by atoms with Crippen LogP contribution in [0.2, 0.25) is 0 Å². The monoisotopic (exact) mass is 489 g/mol. The SMILES string of the molecule is COC[C@@H]1COCCN1C(=O)/C=C/c1cnn2c(O)c(C(=O)NC3CC3)c(=O)n(CC3(F)CC3)c12. The van der Waals surface area contributed by atoms with Gasteiger partial charge in [0, 0.05) is 31.3 Å². The Morgan fingerprint density at radius 2 is 2.17 bits per heavy atom. The van der Waals surface area contributed by atoms with Gasteiger partial charge in [-0.1, -0.05) is 0 Å². The lowest BCUT2D eigenvalue weighted by atomic mass is 10.2. The molecular formula is C23H28FN5O6. The molecule has 1 aliphatic heterocycles. The summed E-state index contributed by atoms with van der Waals surface area (Å²) in [5.41, 5.74) is -2.39. The van der Waals surface area contributed by atoms with Crippen LogP contribution in [0.25, 0.3) is 11.7 Å². The second kappa shape index (κ2) is 9.08. The number of ether oxygens (including phenoxy) is 2. The first-order valence-corrected chi connectivity index (χ1v) is 11.7. The maximum Gasteiger partial charge on any atom is 0.270 e. The van der Waals surface area contributed by atoms with E-state index in [2.05, 4.69) is 10.4 Å². The average molecular weight is 490 g/mol. The first-order chi connectivity index (χ1) is 16.8. The number of nitrogens with zero attached hydrogens (tertiary/aromatic N) is 4. The molecule has 11 nitrogen and oxygen atoms in total. The molecule has 12 heteroatoms. The number of hydrogen-bond donors (Lipinski definition) is 2. The van der Waals surface area contributed by atoms with Crippen molar-refractivity contribution < 1.29 is 28.6 Å². The van der Waals surface area contributed by atoms with Crippen LogP contribution in [0.1, 0.15) is 41.6 Å². The van der Waals surface area contributed by atoms with Gasteiger partial charge in [0.1, 0.15) is 11.3 Å². The number of fused-ring (bicyclic) bond motifs is 1. The molecule has 3 aliphatic rings. The number of carbonyl (C=O) groups is 2. The van der Waals surface area contributed by atoms with Crippen LogP contribution in [-0.2, 0) is 20.8 Å². The van der Waals surface area contributed by atoms with Crippen LogP contribution >= 0.6 is 0 Å². The van der Waals surface area contributed by atoms with Crippen LogP contribution in [0.3, 0.4) is 0 Å². The minimum atomic E-state index is -1.56. The van der Waals surface area contributed by atoms with Crippen molar-refractivity contribution in [1.29, 1.82) is 0 Å². The summed E-state index contributed by atoms with van der Waals surface area (Å²) < 4.78 is 27.6. The summed E-state index contributed by atoms with van der Waals surface area (Å²) in [5.74, 6) is -1.62. The second-order valence-corrected chi connectivity index (χ2v) is 9.37. The van der Waals surface area contributed by atoms with Gasteiger partial charge in [-0.15, -0.1) is 0 Å². The number of alkyl halides is 1. The van der Waals surface area contributed by atoms with Gasteiger partial charge in [-0.2, -0.15) is 9.61 Å². The summed E-state index contributed by atoms with van der Waals surface area (Å²) in [6.07, 6.45) is 6.37. The Morgan fingerprint density at radius 3 is 2.86 bits per heavy atom. The Kier molecular flexibility index (Phi) is 6.09. The molecule has 2 amide bonds. The van der Waals surface area contributed by atoms with Crippen LogP contribution in [0, 0.1) is 0 Å². The predicted molar refractivity (Wildman–Crippen MR) is 122 cm³/mol. The van der Waals surface area contributed by atoms with Gasteiger partial charge in [0.15, 0.2) is 5.56 Å². The highest BCUT2D eigenvalue weighted by Gasteiger charge is 2.45. The highest BCUT2D eigenvalue weighted by molar-refractivity contribution is 5.97. The molecule has 35 heavy (non-hydrogen) atoms. The van der Waals surface area contributed by atoms with Crippen molar-refractivity contribution in [1.82, 2.24) is 24.4 Å². The molecule has 188 valence electrons. The second-order valence-electron chi connectivity index (χ2n) is 9.37. The van der Waals surface area contributed by atoms with Crippen molar-refractivity contribution in [2.24, 2.45) is 0 Å². The summed E-state index contributed by atoms with van der Waals surface area (Å²) >= 11 is 0. The third-order valence-electron chi connectivity index (χ3n) is 6.56. The van der Waals surface area contributed by atoms with Gasteiger partial charge < -0.3 is 24.8 Å². The van der Waals surface area contributed by atoms with Gasteiger partial charge in [0.2, 0.25) is 11.8 Å². The van der Waals surface area contributed by atoms with Crippen molar-refractivity contribution >= 4 is 23.5 Å². The topological polar surface area (TPSA) is 127 Å². The van der Waals surface area contributed by atoms with Gasteiger partial charge >= 0.3 is 0 Å². The summed E-state index contributed by atoms with van der Waals surface area (Å²) in [7, 11) is 1.55.